The Balaban J connectivity index is 1.08. The van der Waals surface area contributed by atoms with Crippen molar-refractivity contribution in [2.24, 2.45) is 0 Å². The molecule has 2 aliphatic rings. The van der Waals surface area contributed by atoms with Gasteiger partial charge >= 0.3 is 0 Å². The molecule has 0 saturated heterocycles. The van der Waals surface area contributed by atoms with Crippen molar-refractivity contribution >= 4 is 16.6 Å². The number of unbranched alkanes of at least 4 members (excludes halogenated alkanes) is 1. The molecule has 162 valence electrons. The first-order valence-electron chi connectivity index (χ1n) is 11.1. The number of hydrogen-bond donors (Lipinski definition) is 1. The number of nitrogens with zero attached hydrogens (tertiary/aromatic N) is 2. The van der Waals surface area contributed by atoms with Gasteiger partial charge in [0.2, 0.25) is 0 Å². The van der Waals surface area contributed by atoms with Crippen molar-refractivity contribution in [3.63, 3.8) is 0 Å². The van der Waals surface area contributed by atoms with Crippen molar-refractivity contribution in [2.45, 2.75) is 32.3 Å². The molecule has 2 aliphatic heterocycles. The Kier molecular flexibility index (Phi) is 5.64. The van der Waals surface area contributed by atoms with Crippen LogP contribution in [0.2, 0.25) is 0 Å². The van der Waals surface area contributed by atoms with E-state index in [0.29, 0.717) is 6.61 Å². The van der Waals surface area contributed by atoms with Crippen molar-refractivity contribution in [1.82, 2.24) is 10.3 Å². The molecule has 6 heteroatoms. The van der Waals surface area contributed by atoms with Gasteiger partial charge in [0.1, 0.15) is 18.5 Å². The predicted molar refractivity (Wildman–Crippen MR) is 121 cm³/mol. The molecule has 0 bridgehead atoms. The largest absolute Gasteiger partial charge is 0.486 e. The Labute approximate surface area is 182 Å². The average molecular weight is 422 g/mol. The summed E-state index contributed by atoms with van der Waals surface area (Å²) in [5.74, 6) is 1.43. The molecule has 0 spiro atoms. The zero-order valence-electron chi connectivity index (χ0n) is 17.9. The summed E-state index contributed by atoms with van der Waals surface area (Å²) in [7, 11) is 0. The minimum atomic E-state index is -0.151. The molecular weight excluding hydrogens is 393 g/mol. The first-order chi connectivity index (χ1) is 15.2. The SMILES string of the molecule is Cc1ccc2c3c(ccc2n1)OCC(CNCCCCN1CCc2ccc(F)cc21)O3. The Morgan fingerprint density at radius 1 is 1.16 bits per heavy atom. The Morgan fingerprint density at radius 2 is 2.10 bits per heavy atom. The summed E-state index contributed by atoms with van der Waals surface area (Å²) in [5, 5.41) is 4.49. The van der Waals surface area contributed by atoms with Crippen LogP contribution in [0.3, 0.4) is 0 Å². The molecule has 3 heterocycles. The molecule has 5 nitrogen and oxygen atoms in total. The van der Waals surface area contributed by atoms with Gasteiger partial charge in [-0.15, -0.1) is 0 Å². The van der Waals surface area contributed by atoms with Gasteiger partial charge in [0.15, 0.2) is 11.5 Å². The van der Waals surface area contributed by atoms with Gasteiger partial charge in [0.05, 0.1) is 5.52 Å². The maximum Gasteiger partial charge on any atom is 0.171 e. The molecule has 0 radical (unpaired) electrons. The summed E-state index contributed by atoms with van der Waals surface area (Å²) in [6.07, 6.45) is 3.13. The first kappa shape index (κ1) is 20.1. The number of benzene rings is 2. The summed E-state index contributed by atoms with van der Waals surface area (Å²) in [4.78, 5) is 6.88. The van der Waals surface area contributed by atoms with Crippen LogP contribution in [-0.2, 0) is 6.42 Å². The molecule has 31 heavy (non-hydrogen) atoms. The maximum atomic E-state index is 13.5. The molecule has 0 fully saturated rings. The highest BCUT2D eigenvalue weighted by molar-refractivity contribution is 5.88. The number of aryl methyl sites for hydroxylation is 1. The van der Waals surface area contributed by atoms with Crippen LogP contribution in [-0.4, -0.2) is 43.9 Å². The molecular formula is C25H28FN3O2. The summed E-state index contributed by atoms with van der Waals surface area (Å²) in [6, 6.07) is 13.1. The van der Waals surface area contributed by atoms with E-state index in [0.717, 1.165) is 79.2 Å². The second-order valence-corrected chi connectivity index (χ2v) is 8.38. The van der Waals surface area contributed by atoms with Crippen LogP contribution in [0.15, 0.2) is 42.5 Å². The van der Waals surface area contributed by atoms with E-state index in [1.165, 1.54) is 5.56 Å². The second kappa shape index (κ2) is 8.71. The van der Waals surface area contributed by atoms with E-state index in [4.69, 9.17) is 9.47 Å². The topological polar surface area (TPSA) is 46.6 Å². The molecule has 0 aliphatic carbocycles. The lowest BCUT2D eigenvalue weighted by atomic mass is 10.1. The van der Waals surface area contributed by atoms with Crippen LogP contribution in [0.25, 0.3) is 10.9 Å². The van der Waals surface area contributed by atoms with Gasteiger partial charge in [-0.2, -0.15) is 0 Å². The van der Waals surface area contributed by atoms with Gasteiger partial charge in [-0.25, -0.2) is 4.39 Å². The highest BCUT2D eigenvalue weighted by atomic mass is 19.1. The summed E-state index contributed by atoms with van der Waals surface area (Å²) < 4.78 is 25.7. The number of ether oxygens (including phenoxy) is 2. The van der Waals surface area contributed by atoms with Crippen LogP contribution >= 0.6 is 0 Å². The van der Waals surface area contributed by atoms with E-state index < -0.39 is 0 Å². The molecule has 3 aromatic rings. The summed E-state index contributed by atoms with van der Waals surface area (Å²) in [6.45, 7) is 6.15. The highest BCUT2D eigenvalue weighted by Crippen LogP contribution is 2.38. The van der Waals surface area contributed by atoms with Crippen LogP contribution in [0.4, 0.5) is 10.1 Å². The van der Waals surface area contributed by atoms with Crippen LogP contribution in [0, 0.1) is 12.7 Å². The van der Waals surface area contributed by atoms with Crippen LogP contribution < -0.4 is 19.7 Å². The van der Waals surface area contributed by atoms with Crippen molar-refractivity contribution in [3.8, 4) is 11.5 Å². The molecule has 1 unspecified atom stereocenters. The molecule has 0 amide bonds. The fourth-order valence-electron chi connectivity index (χ4n) is 4.44. The van der Waals surface area contributed by atoms with E-state index in [1.807, 2.05) is 31.2 Å². The molecule has 2 aromatic carbocycles. The van der Waals surface area contributed by atoms with Gasteiger partial charge in [-0.3, -0.25) is 4.98 Å². The summed E-state index contributed by atoms with van der Waals surface area (Å²) in [5.41, 5.74) is 4.24. The number of anilines is 1. The molecule has 1 N–H and O–H groups in total. The van der Waals surface area contributed by atoms with Gasteiger partial charge < -0.3 is 19.7 Å². The van der Waals surface area contributed by atoms with Crippen LogP contribution in [0.1, 0.15) is 24.1 Å². The second-order valence-electron chi connectivity index (χ2n) is 8.38. The fraction of sp³-hybridized carbons (Fsp3) is 0.400. The monoisotopic (exact) mass is 421 g/mol. The van der Waals surface area contributed by atoms with Gasteiger partial charge in [-0.05, 0) is 74.7 Å². The van der Waals surface area contributed by atoms with Crippen molar-refractivity contribution in [2.75, 3.05) is 37.7 Å². The number of halogens is 1. The lowest BCUT2D eigenvalue weighted by molar-refractivity contribution is 0.0925. The molecule has 1 aromatic heterocycles. The highest BCUT2D eigenvalue weighted by Gasteiger charge is 2.23. The first-order valence-corrected chi connectivity index (χ1v) is 11.1. The third kappa shape index (κ3) is 4.30. The Bertz CT molecular complexity index is 1090. The third-order valence-electron chi connectivity index (χ3n) is 6.08. The van der Waals surface area contributed by atoms with E-state index in [9.17, 15) is 4.39 Å². The van der Waals surface area contributed by atoms with E-state index in [2.05, 4.69) is 21.3 Å². The molecule has 5 rings (SSSR count). The van der Waals surface area contributed by atoms with Crippen molar-refractivity contribution in [3.05, 3.63) is 59.5 Å². The van der Waals surface area contributed by atoms with E-state index in [-0.39, 0.29) is 11.9 Å². The lowest BCUT2D eigenvalue weighted by Crippen LogP contribution is -2.39. The Hall–Kier alpha value is -2.86. The molecule has 0 saturated carbocycles. The summed E-state index contributed by atoms with van der Waals surface area (Å²) >= 11 is 0. The van der Waals surface area contributed by atoms with Crippen molar-refractivity contribution < 1.29 is 13.9 Å². The van der Waals surface area contributed by atoms with E-state index >= 15 is 0 Å². The Morgan fingerprint density at radius 3 is 3.03 bits per heavy atom. The minimum absolute atomic E-state index is 0.0205. The van der Waals surface area contributed by atoms with E-state index in [1.54, 1.807) is 12.1 Å². The quantitative estimate of drug-likeness (QED) is 0.578. The third-order valence-corrected chi connectivity index (χ3v) is 6.08. The number of rotatable bonds is 7. The van der Waals surface area contributed by atoms with Crippen LogP contribution in [0.5, 0.6) is 11.5 Å². The predicted octanol–water partition coefficient (Wildman–Crippen LogP) is 4.25. The number of aromatic nitrogens is 1. The van der Waals surface area contributed by atoms with Gasteiger partial charge in [0.25, 0.3) is 0 Å². The average Bonchev–Trinajstić information content (AvgIpc) is 3.17. The van der Waals surface area contributed by atoms with Crippen molar-refractivity contribution in [1.29, 1.82) is 0 Å². The number of hydrogen-bond acceptors (Lipinski definition) is 5. The zero-order chi connectivity index (χ0) is 21.2. The number of pyridine rings is 1. The standard InChI is InChI=1S/C25H28FN3O2/c1-17-4-7-21-22(28-17)8-9-24-25(21)31-20(16-30-24)15-27-11-2-3-12-29-13-10-18-5-6-19(26)14-23(18)29/h4-9,14,20,27H,2-3,10-13,15-16H2,1H3. The smallest absolute Gasteiger partial charge is 0.171 e. The maximum absolute atomic E-state index is 13.5. The molecule has 1 atom stereocenters. The minimum Gasteiger partial charge on any atom is -0.486 e. The number of fused-ring (bicyclic) bond motifs is 4. The van der Waals surface area contributed by atoms with Gasteiger partial charge in [-0.1, -0.05) is 6.07 Å². The number of nitrogens with one attached hydrogen (secondary N) is 1. The zero-order valence-corrected chi connectivity index (χ0v) is 17.9. The normalized spacial score (nSPS) is 17.2. The fourth-order valence-corrected chi connectivity index (χ4v) is 4.44. The van der Waals surface area contributed by atoms with Gasteiger partial charge in [0, 0.05) is 36.4 Å². The lowest BCUT2D eigenvalue weighted by Gasteiger charge is -2.27.